The third-order valence-electron chi connectivity index (χ3n) is 12.5. The van der Waals surface area contributed by atoms with E-state index in [0.717, 1.165) is 77.1 Å². The van der Waals surface area contributed by atoms with Gasteiger partial charge in [-0.1, -0.05) is 123 Å². The highest BCUT2D eigenvalue weighted by Gasteiger charge is 2.36. The lowest BCUT2D eigenvalue weighted by molar-refractivity contribution is 0.616. The molecule has 274 valence electrons. The van der Waals surface area contributed by atoms with E-state index in [4.69, 9.17) is 8.83 Å². The summed E-state index contributed by atoms with van der Waals surface area (Å²) >= 11 is 0. The third kappa shape index (κ3) is 4.74. The van der Waals surface area contributed by atoms with Crippen LogP contribution in [0.25, 0.3) is 87.8 Å². The van der Waals surface area contributed by atoms with Crippen molar-refractivity contribution in [2.45, 2.75) is 19.3 Å². The summed E-state index contributed by atoms with van der Waals surface area (Å²) in [5.74, 6) is 0. The molecule has 0 bridgehead atoms. The van der Waals surface area contributed by atoms with E-state index in [9.17, 15) is 0 Å². The fourth-order valence-corrected chi connectivity index (χ4v) is 9.80. The molecule has 2 aromatic heterocycles. The Morgan fingerprint density at radius 3 is 1.86 bits per heavy atom. The molecule has 3 nitrogen and oxygen atoms in total. The summed E-state index contributed by atoms with van der Waals surface area (Å²) in [6.45, 7) is 4.71. The monoisotopic (exact) mass is 743 g/mol. The number of hydrogen-bond acceptors (Lipinski definition) is 3. The van der Waals surface area contributed by atoms with Gasteiger partial charge in [0.25, 0.3) is 0 Å². The van der Waals surface area contributed by atoms with Gasteiger partial charge < -0.3 is 13.7 Å². The van der Waals surface area contributed by atoms with Crippen LogP contribution in [0.4, 0.5) is 17.1 Å². The maximum Gasteiger partial charge on any atom is 0.143 e. The van der Waals surface area contributed by atoms with E-state index in [-0.39, 0.29) is 5.41 Å². The summed E-state index contributed by atoms with van der Waals surface area (Å²) in [6.07, 6.45) is 1.79. The summed E-state index contributed by atoms with van der Waals surface area (Å²) < 4.78 is 13.0. The topological polar surface area (TPSA) is 29.5 Å². The van der Waals surface area contributed by atoms with Gasteiger partial charge in [0.05, 0.1) is 6.26 Å². The Morgan fingerprint density at radius 1 is 0.431 bits per heavy atom. The number of furan rings is 2. The van der Waals surface area contributed by atoms with Crippen molar-refractivity contribution in [3.8, 4) is 33.4 Å². The normalized spacial score (nSPS) is 13.1. The zero-order valence-electron chi connectivity index (χ0n) is 32.2. The average Bonchev–Trinajstić information content (AvgIpc) is 3.96. The Balaban J connectivity index is 1.18. The van der Waals surface area contributed by atoms with E-state index in [1.807, 2.05) is 6.07 Å². The highest BCUT2D eigenvalue weighted by Crippen LogP contribution is 2.53. The lowest BCUT2D eigenvalue weighted by Gasteiger charge is -2.26. The number of para-hydroxylation sites is 3. The van der Waals surface area contributed by atoms with Crippen molar-refractivity contribution >= 4 is 71.5 Å². The van der Waals surface area contributed by atoms with Crippen molar-refractivity contribution in [2.75, 3.05) is 4.90 Å². The van der Waals surface area contributed by atoms with Crippen LogP contribution in [0, 0.1) is 0 Å². The highest BCUT2D eigenvalue weighted by atomic mass is 16.3. The fourth-order valence-electron chi connectivity index (χ4n) is 9.80. The molecule has 0 radical (unpaired) electrons. The standard InChI is InChI=1S/C55H37NO2/c1-55(2)47-19-11-9-17-40(47)41-26-23-36(32-48(41)55)52-46-33-50-35(29-30-57-50)31-45(46)53-44(28-27-43-42-18-10-12-20-49(42)58-54(43)53)51(52)34-21-24-39(25-22-34)56(37-13-5-3-6-14-37)38-15-7-4-8-16-38/h3-33H,1-2H3. The summed E-state index contributed by atoms with van der Waals surface area (Å²) in [6, 6.07) is 65.8. The molecule has 0 saturated heterocycles. The molecule has 0 saturated carbocycles. The van der Waals surface area contributed by atoms with Gasteiger partial charge >= 0.3 is 0 Å². The molecule has 9 aromatic carbocycles. The first-order valence-corrected chi connectivity index (χ1v) is 20.0. The van der Waals surface area contributed by atoms with Gasteiger partial charge in [0.1, 0.15) is 16.7 Å². The largest absolute Gasteiger partial charge is 0.464 e. The van der Waals surface area contributed by atoms with E-state index >= 15 is 0 Å². The van der Waals surface area contributed by atoms with Crippen LogP contribution >= 0.6 is 0 Å². The summed E-state index contributed by atoms with van der Waals surface area (Å²) in [7, 11) is 0. The minimum Gasteiger partial charge on any atom is -0.464 e. The van der Waals surface area contributed by atoms with Crippen LogP contribution in [0.3, 0.4) is 0 Å². The van der Waals surface area contributed by atoms with Gasteiger partial charge in [0.15, 0.2) is 0 Å². The number of fused-ring (bicyclic) bond motifs is 11. The average molecular weight is 744 g/mol. The van der Waals surface area contributed by atoms with Crippen LogP contribution in [-0.2, 0) is 5.41 Å². The number of nitrogens with zero attached hydrogens (tertiary/aromatic N) is 1. The van der Waals surface area contributed by atoms with Crippen LogP contribution in [0.1, 0.15) is 25.0 Å². The number of anilines is 3. The van der Waals surface area contributed by atoms with Crippen LogP contribution in [-0.4, -0.2) is 0 Å². The number of benzene rings is 9. The second kappa shape index (κ2) is 12.3. The van der Waals surface area contributed by atoms with Crippen molar-refractivity contribution in [2.24, 2.45) is 0 Å². The molecule has 2 heterocycles. The van der Waals surface area contributed by atoms with Crippen LogP contribution < -0.4 is 4.90 Å². The molecule has 58 heavy (non-hydrogen) atoms. The van der Waals surface area contributed by atoms with Crippen molar-refractivity contribution < 1.29 is 8.83 Å². The van der Waals surface area contributed by atoms with Crippen LogP contribution in [0.2, 0.25) is 0 Å². The van der Waals surface area contributed by atoms with Crippen molar-refractivity contribution in [1.29, 1.82) is 0 Å². The molecule has 0 aliphatic heterocycles. The van der Waals surface area contributed by atoms with Crippen LogP contribution in [0.5, 0.6) is 0 Å². The third-order valence-corrected chi connectivity index (χ3v) is 12.5. The summed E-state index contributed by atoms with van der Waals surface area (Å²) in [5, 5.41) is 7.84. The van der Waals surface area contributed by atoms with Crippen molar-refractivity contribution in [3.63, 3.8) is 0 Å². The molecule has 0 N–H and O–H groups in total. The molecular formula is C55H37NO2. The van der Waals surface area contributed by atoms with Gasteiger partial charge in [-0.3, -0.25) is 0 Å². The van der Waals surface area contributed by atoms with Gasteiger partial charge in [-0.2, -0.15) is 0 Å². The van der Waals surface area contributed by atoms with E-state index in [0.29, 0.717) is 0 Å². The molecule has 1 aliphatic carbocycles. The first-order valence-electron chi connectivity index (χ1n) is 20.0. The van der Waals surface area contributed by atoms with Gasteiger partial charge in [-0.15, -0.1) is 0 Å². The lowest BCUT2D eigenvalue weighted by atomic mass is 9.80. The summed E-state index contributed by atoms with van der Waals surface area (Å²) in [4.78, 5) is 2.31. The molecule has 0 fully saturated rings. The Hall–Kier alpha value is -7.36. The highest BCUT2D eigenvalue weighted by molar-refractivity contribution is 6.31. The number of hydrogen-bond donors (Lipinski definition) is 0. The molecule has 12 rings (SSSR count). The molecule has 0 spiro atoms. The SMILES string of the molecule is CC1(C)c2ccccc2-c2ccc(-c3c(-c4ccc(N(c5ccccc5)c5ccccc5)cc4)c4ccc5c6ccccc6oc5c4c4cc5ccoc5cc34)cc21. The second-order valence-electron chi connectivity index (χ2n) is 16.1. The van der Waals surface area contributed by atoms with E-state index in [1.165, 1.54) is 38.9 Å². The van der Waals surface area contributed by atoms with Crippen LogP contribution in [0.15, 0.2) is 197 Å². The molecule has 0 unspecified atom stereocenters. The maximum atomic E-state index is 6.85. The molecule has 1 aliphatic rings. The maximum absolute atomic E-state index is 6.85. The molecule has 3 heteroatoms. The first-order chi connectivity index (χ1) is 28.5. The fraction of sp³-hybridized carbons (Fsp3) is 0.0545. The minimum absolute atomic E-state index is 0.149. The lowest BCUT2D eigenvalue weighted by Crippen LogP contribution is -2.14. The first kappa shape index (κ1) is 32.8. The van der Waals surface area contributed by atoms with Gasteiger partial charge in [-0.05, 0) is 133 Å². The van der Waals surface area contributed by atoms with E-state index in [2.05, 4.69) is 195 Å². The van der Waals surface area contributed by atoms with E-state index in [1.54, 1.807) is 6.26 Å². The molecule has 0 amide bonds. The predicted molar refractivity (Wildman–Crippen MR) is 242 cm³/mol. The van der Waals surface area contributed by atoms with E-state index < -0.39 is 0 Å². The smallest absolute Gasteiger partial charge is 0.143 e. The van der Waals surface area contributed by atoms with Gasteiger partial charge in [0.2, 0.25) is 0 Å². The Bertz CT molecular complexity index is 3370. The Morgan fingerprint density at radius 2 is 1.07 bits per heavy atom. The minimum atomic E-state index is -0.149. The molecule has 11 aromatic rings. The second-order valence-corrected chi connectivity index (χ2v) is 16.1. The zero-order chi connectivity index (χ0) is 38.5. The summed E-state index contributed by atoms with van der Waals surface area (Å²) in [5.41, 5.74) is 15.8. The number of rotatable bonds is 5. The zero-order valence-corrected chi connectivity index (χ0v) is 32.2. The molecule has 0 atom stereocenters. The van der Waals surface area contributed by atoms with Crippen molar-refractivity contribution in [1.82, 2.24) is 0 Å². The quantitative estimate of drug-likeness (QED) is 0.164. The Labute approximate surface area is 336 Å². The van der Waals surface area contributed by atoms with Gasteiger partial charge in [0, 0.05) is 44.0 Å². The Kier molecular flexibility index (Phi) is 6.98. The van der Waals surface area contributed by atoms with Gasteiger partial charge in [-0.25, -0.2) is 0 Å². The molecular weight excluding hydrogens is 707 g/mol. The van der Waals surface area contributed by atoms with Crippen molar-refractivity contribution in [3.05, 3.63) is 199 Å². The predicted octanol–water partition coefficient (Wildman–Crippen LogP) is 15.7.